The average Bonchev–Trinajstić information content (AvgIpc) is 2.94. The Morgan fingerprint density at radius 2 is 2.47 bits per heavy atom. The quantitative estimate of drug-likeness (QED) is 0.867. The van der Waals surface area contributed by atoms with Gasteiger partial charge in [-0.25, -0.2) is 0 Å². The van der Waals surface area contributed by atoms with Crippen LogP contribution in [0.1, 0.15) is 16.1 Å². The van der Waals surface area contributed by atoms with Gasteiger partial charge in [0, 0.05) is 30.4 Å². The fourth-order valence-electron chi connectivity index (χ4n) is 2.44. The van der Waals surface area contributed by atoms with E-state index in [-0.39, 0.29) is 11.9 Å². The largest absolute Gasteiger partial charge is 0.397 e. The second kappa shape index (κ2) is 4.79. The molecule has 6 heteroatoms. The normalized spacial score (nSPS) is 19.9. The van der Waals surface area contributed by atoms with Gasteiger partial charge in [-0.1, -0.05) is 0 Å². The zero-order valence-corrected chi connectivity index (χ0v) is 11.5. The number of hydrogen-bond donors (Lipinski definition) is 2. The summed E-state index contributed by atoms with van der Waals surface area (Å²) >= 11 is 1.40. The second-order valence-corrected chi connectivity index (χ2v) is 5.99. The van der Waals surface area contributed by atoms with Crippen molar-refractivity contribution in [3.05, 3.63) is 23.3 Å². The summed E-state index contributed by atoms with van der Waals surface area (Å²) in [4.78, 5) is 19.1. The molecule has 2 aromatic rings. The lowest BCUT2D eigenvalue weighted by molar-refractivity contribution is 0.0943. The van der Waals surface area contributed by atoms with Crippen molar-refractivity contribution in [1.82, 2.24) is 15.2 Å². The van der Waals surface area contributed by atoms with Crippen LogP contribution in [0.15, 0.2) is 18.5 Å². The van der Waals surface area contributed by atoms with Crippen LogP contribution in [0.3, 0.4) is 0 Å². The Balaban J connectivity index is 1.83. The first-order chi connectivity index (χ1) is 9.15. The zero-order valence-electron chi connectivity index (χ0n) is 10.7. The van der Waals surface area contributed by atoms with Crippen LogP contribution in [0.25, 0.3) is 10.1 Å². The summed E-state index contributed by atoms with van der Waals surface area (Å²) in [6, 6.07) is 2.07. The molecule has 0 spiro atoms. The number of nitrogens with one attached hydrogen (secondary N) is 1. The van der Waals surface area contributed by atoms with Gasteiger partial charge in [0.2, 0.25) is 0 Å². The van der Waals surface area contributed by atoms with Gasteiger partial charge in [0.25, 0.3) is 5.91 Å². The van der Waals surface area contributed by atoms with E-state index in [1.165, 1.54) is 11.3 Å². The summed E-state index contributed by atoms with van der Waals surface area (Å²) in [7, 11) is 2.06. The van der Waals surface area contributed by atoms with E-state index in [0.29, 0.717) is 10.6 Å². The second-order valence-electron chi connectivity index (χ2n) is 4.94. The van der Waals surface area contributed by atoms with Gasteiger partial charge < -0.3 is 16.0 Å². The van der Waals surface area contributed by atoms with Crippen LogP contribution in [0.5, 0.6) is 0 Å². The predicted octanol–water partition coefficient (Wildman–Crippen LogP) is 1.31. The van der Waals surface area contributed by atoms with Gasteiger partial charge in [-0.15, -0.1) is 11.3 Å². The summed E-state index contributed by atoms with van der Waals surface area (Å²) in [6.45, 7) is 1.93. The third kappa shape index (κ3) is 2.29. The lowest BCUT2D eigenvalue weighted by atomic mass is 10.2. The zero-order chi connectivity index (χ0) is 13.4. The van der Waals surface area contributed by atoms with Crippen LogP contribution >= 0.6 is 11.3 Å². The highest BCUT2D eigenvalue weighted by Crippen LogP contribution is 2.32. The van der Waals surface area contributed by atoms with Crippen LogP contribution in [-0.2, 0) is 0 Å². The van der Waals surface area contributed by atoms with Crippen molar-refractivity contribution in [1.29, 1.82) is 0 Å². The molecule has 1 aliphatic heterocycles. The fraction of sp³-hybridized carbons (Fsp3) is 0.385. The summed E-state index contributed by atoms with van der Waals surface area (Å²) < 4.78 is 0.952. The molecule has 2 aromatic heterocycles. The van der Waals surface area contributed by atoms with Gasteiger partial charge in [0.1, 0.15) is 4.88 Å². The van der Waals surface area contributed by atoms with Gasteiger partial charge in [-0.3, -0.25) is 9.78 Å². The molecule has 5 nitrogen and oxygen atoms in total. The smallest absolute Gasteiger partial charge is 0.263 e. The summed E-state index contributed by atoms with van der Waals surface area (Å²) in [5.74, 6) is -0.0704. The van der Waals surface area contributed by atoms with Crippen molar-refractivity contribution in [2.45, 2.75) is 12.5 Å². The molecule has 1 unspecified atom stereocenters. The molecular weight excluding hydrogens is 260 g/mol. The van der Waals surface area contributed by atoms with Gasteiger partial charge in [-0.05, 0) is 26.1 Å². The maximum Gasteiger partial charge on any atom is 0.263 e. The van der Waals surface area contributed by atoms with Crippen molar-refractivity contribution in [3.63, 3.8) is 0 Å². The van der Waals surface area contributed by atoms with Crippen LogP contribution in [0.4, 0.5) is 5.69 Å². The SMILES string of the molecule is CN1CCC(NC(=O)c2sc3cnccc3c2N)C1. The Kier molecular flexibility index (Phi) is 3.12. The van der Waals surface area contributed by atoms with E-state index < -0.39 is 0 Å². The molecule has 3 rings (SSSR count). The molecule has 1 amide bonds. The van der Waals surface area contributed by atoms with Crippen molar-refractivity contribution in [3.8, 4) is 0 Å². The number of nitrogen functional groups attached to an aromatic ring is 1. The summed E-state index contributed by atoms with van der Waals surface area (Å²) in [5.41, 5.74) is 6.61. The van der Waals surface area contributed by atoms with Crippen LogP contribution in [0, 0.1) is 0 Å². The average molecular weight is 276 g/mol. The van der Waals surface area contributed by atoms with Crippen molar-refractivity contribution in [2.24, 2.45) is 0 Å². The highest BCUT2D eigenvalue weighted by atomic mass is 32.1. The van der Waals surface area contributed by atoms with Crippen LogP contribution in [-0.4, -0.2) is 42.0 Å². The van der Waals surface area contributed by atoms with Gasteiger partial charge in [0.15, 0.2) is 0 Å². The van der Waals surface area contributed by atoms with Crippen LogP contribution in [0.2, 0.25) is 0 Å². The van der Waals surface area contributed by atoms with E-state index in [1.807, 2.05) is 6.07 Å². The topological polar surface area (TPSA) is 71.2 Å². The molecule has 19 heavy (non-hydrogen) atoms. The van der Waals surface area contributed by atoms with Gasteiger partial charge >= 0.3 is 0 Å². The van der Waals surface area contributed by atoms with E-state index in [1.54, 1.807) is 12.4 Å². The highest BCUT2D eigenvalue weighted by Gasteiger charge is 2.23. The molecule has 1 aliphatic rings. The number of aromatic nitrogens is 1. The Bertz CT molecular complexity index is 624. The molecule has 0 aliphatic carbocycles. The van der Waals surface area contributed by atoms with E-state index >= 15 is 0 Å². The number of amides is 1. The Morgan fingerprint density at radius 1 is 1.63 bits per heavy atom. The molecule has 1 atom stereocenters. The van der Waals surface area contributed by atoms with Gasteiger partial charge in [-0.2, -0.15) is 0 Å². The number of anilines is 1. The number of rotatable bonds is 2. The first-order valence-corrected chi connectivity index (χ1v) is 7.08. The predicted molar refractivity (Wildman–Crippen MR) is 77.4 cm³/mol. The molecule has 1 saturated heterocycles. The maximum absolute atomic E-state index is 12.3. The third-order valence-electron chi connectivity index (χ3n) is 3.46. The van der Waals surface area contributed by atoms with Crippen molar-refractivity contribution < 1.29 is 4.79 Å². The number of carbonyl (C=O) groups excluding carboxylic acids is 1. The van der Waals surface area contributed by atoms with E-state index in [0.717, 1.165) is 29.6 Å². The molecule has 100 valence electrons. The molecule has 3 heterocycles. The Labute approximate surface area is 115 Å². The molecule has 0 bridgehead atoms. The number of nitrogens with two attached hydrogens (primary N) is 1. The maximum atomic E-state index is 12.3. The number of likely N-dealkylation sites (tertiary alicyclic amines) is 1. The number of nitrogens with zero attached hydrogens (tertiary/aromatic N) is 2. The first kappa shape index (κ1) is 12.4. The minimum atomic E-state index is -0.0704. The third-order valence-corrected chi connectivity index (χ3v) is 4.62. The fourth-order valence-corrected chi connectivity index (χ4v) is 3.44. The Morgan fingerprint density at radius 3 is 3.16 bits per heavy atom. The molecule has 1 fully saturated rings. The van der Waals surface area contributed by atoms with E-state index in [2.05, 4.69) is 22.2 Å². The number of hydrogen-bond acceptors (Lipinski definition) is 5. The highest BCUT2D eigenvalue weighted by molar-refractivity contribution is 7.21. The molecule has 0 saturated carbocycles. The molecular formula is C13H16N4OS. The van der Waals surface area contributed by atoms with Crippen molar-refractivity contribution >= 4 is 33.0 Å². The number of pyridine rings is 1. The molecule has 0 radical (unpaired) electrons. The van der Waals surface area contributed by atoms with Crippen molar-refractivity contribution in [2.75, 3.05) is 25.9 Å². The monoisotopic (exact) mass is 276 g/mol. The number of carbonyl (C=O) groups is 1. The van der Waals surface area contributed by atoms with E-state index in [4.69, 9.17) is 5.73 Å². The first-order valence-electron chi connectivity index (χ1n) is 6.26. The lowest BCUT2D eigenvalue weighted by Crippen LogP contribution is -2.36. The van der Waals surface area contributed by atoms with Crippen LogP contribution < -0.4 is 11.1 Å². The summed E-state index contributed by atoms with van der Waals surface area (Å²) in [5, 5.41) is 3.97. The summed E-state index contributed by atoms with van der Waals surface area (Å²) in [6.07, 6.45) is 4.43. The standard InChI is InChI=1S/C13H16N4OS/c1-17-5-3-8(7-17)16-13(18)12-11(14)9-2-4-15-6-10(9)19-12/h2,4,6,8H,3,5,7,14H2,1H3,(H,16,18). The number of fused-ring (bicyclic) bond motifs is 1. The number of thiophene rings is 1. The minimum Gasteiger partial charge on any atom is -0.397 e. The van der Waals surface area contributed by atoms with E-state index in [9.17, 15) is 4.79 Å². The lowest BCUT2D eigenvalue weighted by Gasteiger charge is -2.12. The Hall–Kier alpha value is -1.66. The molecule has 0 aromatic carbocycles. The number of likely N-dealkylation sites (N-methyl/N-ethyl adjacent to an activating group) is 1. The molecule has 3 N–H and O–H groups in total. The van der Waals surface area contributed by atoms with Gasteiger partial charge in [0.05, 0.1) is 10.4 Å². The minimum absolute atomic E-state index is 0.0704.